The molecule has 0 saturated heterocycles. The smallest absolute Gasteiger partial charge is 0.240 e. The monoisotopic (exact) mass is 563 g/mol. The van der Waals surface area contributed by atoms with Crippen molar-refractivity contribution >= 4 is 27.0 Å². The number of methoxy groups -OCH3 is 1. The van der Waals surface area contributed by atoms with Crippen LogP contribution in [0, 0.1) is 0 Å². The van der Waals surface area contributed by atoms with Crippen molar-refractivity contribution in [2.75, 3.05) is 12.8 Å². The Morgan fingerprint density at radius 3 is 2.39 bits per heavy atom. The summed E-state index contributed by atoms with van der Waals surface area (Å²) in [4.78, 5) is 18.3. The first-order valence-corrected chi connectivity index (χ1v) is 14.1. The Hall–Kier alpha value is -5.13. The molecule has 0 radical (unpaired) electrons. The van der Waals surface area contributed by atoms with Gasteiger partial charge >= 0.3 is 0 Å². The molecule has 6 aromatic rings. The zero-order chi connectivity index (χ0) is 28.4. The van der Waals surface area contributed by atoms with Gasteiger partial charge in [0.1, 0.15) is 17.1 Å². The van der Waals surface area contributed by atoms with Crippen LogP contribution in [0.3, 0.4) is 0 Å². The highest BCUT2D eigenvalue weighted by Gasteiger charge is 2.19. The molecule has 0 fully saturated rings. The number of sulfonamides is 1. The van der Waals surface area contributed by atoms with Gasteiger partial charge in [0.2, 0.25) is 10.0 Å². The highest BCUT2D eigenvalue weighted by atomic mass is 32.2. The maximum absolute atomic E-state index is 12.8. The minimum atomic E-state index is -3.70. The fourth-order valence-electron chi connectivity index (χ4n) is 4.47. The maximum Gasteiger partial charge on any atom is 0.240 e. The Bertz CT molecular complexity index is 1940. The number of fused-ring (bicyclic) bond motifs is 1. The number of pyridine rings is 3. The molecule has 0 aliphatic heterocycles. The second-order valence-electron chi connectivity index (χ2n) is 9.18. The van der Waals surface area contributed by atoms with Crippen molar-refractivity contribution in [2.45, 2.75) is 11.4 Å². The van der Waals surface area contributed by atoms with Crippen LogP contribution in [-0.4, -0.2) is 40.0 Å². The SMILES string of the molecule is COc1ccc(S(=O)(=O)NCc2ccc(-n3c(-c4cccnc4N)nc4cc(-c5cccnc5)cnc43)cc2)cc1. The van der Waals surface area contributed by atoms with Crippen molar-refractivity contribution in [2.24, 2.45) is 0 Å². The van der Waals surface area contributed by atoms with Gasteiger partial charge in [0.05, 0.1) is 17.6 Å². The van der Waals surface area contributed by atoms with Crippen LogP contribution in [0.2, 0.25) is 0 Å². The molecular formula is C30H25N7O3S. The topological polar surface area (TPSA) is 138 Å². The van der Waals surface area contributed by atoms with Crippen molar-refractivity contribution in [3.63, 3.8) is 0 Å². The van der Waals surface area contributed by atoms with E-state index in [-0.39, 0.29) is 11.4 Å². The third-order valence-electron chi connectivity index (χ3n) is 6.60. The van der Waals surface area contributed by atoms with Gasteiger partial charge in [-0.2, -0.15) is 0 Å². The second kappa shape index (κ2) is 10.8. The minimum Gasteiger partial charge on any atom is -0.497 e. The number of rotatable bonds is 8. The number of aromatic nitrogens is 5. The molecule has 0 aliphatic carbocycles. The number of nitrogens with two attached hydrogens (primary N) is 1. The van der Waals surface area contributed by atoms with Crippen LogP contribution in [0.25, 0.3) is 39.4 Å². The van der Waals surface area contributed by atoms with Gasteiger partial charge < -0.3 is 10.5 Å². The summed E-state index contributed by atoms with van der Waals surface area (Å²) >= 11 is 0. The zero-order valence-corrected chi connectivity index (χ0v) is 22.8. The van der Waals surface area contributed by atoms with Crippen LogP contribution in [0.1, 0.15) is 5.56 Å². The van der Waals surface area contributed by atoms with Crippen molar-refractivity contribution in [3.8, 4) is 34.0 Å². The maximum atomic E-state index is 12.8. The van der Waals surface area contributed by atoms with E-state index in [9.17, 15) is 8.42 Å². The predicted octanol–water partition coefficient (Wildman–Crippen LogP) is 4.61. The fraction of sp³-hybridized carbons (Fsp3) is 0.0667. The highest BCUT2D eigenvalue weighted by molar-refractivity contribution is 7.89. The third kappa shape index (κ3) is 5.23. The zero-order valence-electron chi connectivity index (χ0n) is 22.0. The first kappa shape index (κ1) is 26.1. The highest BCUT2D eigenvalue weighted by Crippen LogP contribution is 2.32. The van der Waals surface area contributed by atoms with E-state index in [2.05, 4.69) is 14.7 Å². The predicted molar refractivity (Wildman–Crippen MR) is 157 cm³/mol. The summed E-state index contributed by atoms with van der Waals surface area (Å²) in [7, 11) is -2.17. The number of imidazole rings is 1. The van der Waals surface area contributed by atoms with Crippen LogP contribution in [-0.2, 0) is 16.6 Å². The van der Waals surface area contributed by atoms with E-state index in [1.165, 1.54) is 19.2 Å². The van der Waals surface area contributed by atoms with Crippen molar-refractivity contribution < 1.29 is 13.2 Å². The van der Waals surface area contributed by atoms with E-state index in [1.54, 1.807) is 36.9 Å². The number of benzene rings is 2. The number of hydrogen-bond acceptors (Lipinski definition) is 8. The molecule has 0 aliphatic rings. The summed E-state index contributed by atoms with van der Waals surface area (Å²) in [6.45, 7) is 0.119. The van der Waals surface area contributed by atoms with E-state index in [1.807, 2.05) is 59.2 Å². The normalized spacial score (nSPS) is 11.5. The third-order valence-corrected chi connectivity index (χ3v) is 8.02. The Morgan fingerprint density at radius 1 is 0.902 bits per heavy atom. The molecule has 10 nitrogen and oxygen atoms in total. The lowest BCUT2D eigenvalue weighted by atomic mass is 10.1. The second-order valence-corrected chi connectivity index (χ2v) is 10.9. The lowest BCUT2D eigenvalue weighted by Crippen LogP contribution is -2.23. The standard InChI is InChI=1S/C30H25N7O3S/c1-40-24-10-12-25(13-11-24)41(38,39)35-17-20-6-8-23(9-7-20)37-29(26-5-3-15-33-28(26)31)36-27-16-22(19-34-30(27)37)21-4-2-14-32-18-21/h2-16,18-19,35H,17H2,1H3,(H2,31,33). The number of nitrogen functional groups attached to an aromatic ring is 1. The molecule has 6 rings (SSSR count). The summed E-state index contributed by atoms with van der Waals surface area (Å²) in [5.41, 5.74) is 11.6. The lowest BCUT2D eigenvalue weighted by molar-refractivity contribution is 0.414. The Labute approximate surface area is 236 Å². The molecule has 0 bridgehead atoms. The number of hydrogen-bond donors (Lipinski definition) is 2. The molecule has 0 amide bonds. The molecule has 2 aromatic carbocycles. The Kier molecular flexibility index (Phi) is 6.88. The van der Waals surface area contributed by atoms with Gasteiger partial charge in [-0.1, -0.05) is 18.2 Å². The van der Waals surface area contributed by atoms with Crippen LogP contribution in [0.15, 0.2) is 109 Å². The summed E-state index contributed by atoms with van der Waals surface area (Å²) in [5.74, 6) is 1.53. The summed E-state index contributed by atoms with van der Waals surface area (Å²) < 4.78 is 35.2. The quantitative estimate of drug-likeness (QED) is 0.274. The molecule has 0 atom stereocenters. The molecule has 4 heterocycles. The first-order valence-electron chi connectivity index (χ1n) is 12.7. The number of anilines is 1. The Balaban J connectivity index is 1.34. The van der Waals surface area contributed by atoms with Gasteiger partial charge in [0.25, 0.3) is 0 Å². The fourth-order valence-corrected chi connectivity index (χ4v) is 5.49. The molecule has 41 heavy (non-hydrogen) atoms. The van der Waals surface area contributed by atoms with Crippen LogP contribution in [0.4, 0.5) is 5.82 Å². The molecule has 0 saturated carbocycles. The van der Waals surface area contributed by atoms with Crippen LogP contribution >= 0.6 is 0 Å². The van der Waals surface area contributed by atoms with E-state index in [0.29, 0.717) is 34.1 Å². The average molecular weight is 564 g/mol. The van der Waals surface area contributed by atoms with Crippen molar-refractivity contribution in [1.29, 1.82) is 0 Å². The van der Waals surface area contributed by atoms with Crippen molar-refractivity contribution in [3.05, 3.63) is 109 Å². The van der Waals surface area contributed by atoms with E-state index in [4.69, 9.17) is 20.4 Å². The van der Waals surface area contributed by atoms with E-state index < -0.39 is 10.0 Å². The number of ether oxygens (including phenoxy) is 1. The van der Waals surface area contributed by atoms with Crippen LogP contribution in [0.5, 0.6) is 5.75 Å². The molecule has 0 spiro atoms. The van der Waals surface area contributed by atoms with E-state index in [0.717, 1.165) is 22.4 Å². The van der Waals surface area contributed by atoms with Gasteiger partial charge in [-0.25, -0.2) is 28.1 Å². The van der Waals surface area contributed by atoms with Crippen LogP contribution < -0.4 is 15.2 Å². The number of nitrogens with one attached hydrogen (secondary N) is 1. The molecule has 3 N–H and O–H groups in total. The van der Waals surface area contributed by atoms with Gasteiger partial charge in [-0.3, -0.25) is 9.55 Å². The van der Waals surface area contributed by atoms with Gasteiger partial charge in [0.15, 0.2) is 11.5 Å². The lowest BCUT2D eigenvalue weighted by Gasteiger charge is -2.12. The first-order chi connectivity index (χ1) is 19.9. The summed E-state index contributed by atoms with van der Waals surface area (Å²) in [6, 6.07) is 23.2. The molecule has 11 heteroatoms. The van der Waals surface area contributed by atoms with Gasteiger partial charge in [0, 0.05) is 48.1 Å². The average Bonchev–Trinajstić information content (AvgIpc) is 3.39. The largest absolute Gasteiger partial charge is 0.497 e. The van der Waals surface area contributed by atoms with Gasteiger partial charge in [-0.15, -0.1) is 0 Å². The molecule has 0 unspecified atom stereocenters. The van der Waals surface area contributed by atoms with Gasteiger partial charge in [-0.05, 0) is 66.2 Å². The molecular weight excluding hydrogens is 538 g/mol. The van der Waals surface area contributed by atoms with Crippen molar-refractivity contribution in [1.82, 2.24) is 29.2 Å². The molecule has 4 aromatic heterocycles. The van der Waals surface area contributed by atoms with E-state index >= 15 is 0 Å². The minimum absolute atomic E-state index is 0.119. The Morgan fingerprint density at radius 2 is 1.68 bits per heavy atom. The summed E-state index contributed by atoms with van der Waals surface area (Å²) in [5, 5.41) is 0. The molecule has 204 valence electrons. The number of nitrogens with zero attached hydrogens (tertiary/aromatic N) is 5. The summed E-state index contributed by atoms with van der Waals surface area (Å²) in [6.07, 6.45) is 6.92.